The number of hydrogen-bond acceptors (Lipinski definition) is 4. The molecule has 2 rings (SSSR count). The molecule has 2 N–H and O–H groups in total. The molecule has 2 heterocycles. The van der Waals surface area contributed by atoms with E-state index in [2.05, 4.69) is 9.97 Å². The van der Waals surface area contributed by atoms with Crippen molar-refractivity contribution in [3.63, 3.8) is 0 Å². The fourth-order valence-corrected chi connectivity index (χ4v) is 2.35. The van der Waals surface area contributed by atoms with Crippen LogP contribution in [0.4, 0.5) is 0 Å². The van der Waals surface area contributed by atoms with Crippen LogP contribution >= 0.6 is 0 Å². The monoisotopic (exact) mass is 342 g/mol. The molecule has 6 heteroatoms. The third-order valence-electron chi connectivity index (χ3n) is 3.65. The maximum atomic E-state index is 12.9. The van der Waals surface area contributed by atoms with E-state index in [1.165, 1.54) is 14.2 Å². The second kappa shape index (κ2) is 8.19. The van der Waals surface area contributed by atoms with Crippen LogP contribution in [0.15, 0.2) is 34.8 Å². The highest BCUT2D eigenvalue weighted by Gasteiger charge is 2.21. The lowest BCUT2D eigenvalue weighted by molar-refractivity contribution is 0.0598. The molecule has 0 fully saturated rings. The molecule has 0 bridgehead atoms. The van der Waals surface area contributed by atoms with Crippen LogP contribution in [0.5, 0.6) is 5.88 Å². The van der Waals surface area contributed by atoms with Gasteiger partial charge in [-0.15, -0.1) is 0 Å². The quantitative estimate of drug-likeness (QED) is 0.624. The molecule has 25 heavy (non-hydrogen) atoms. The Bertz CT molecular complexity index is 854. The second-order valence-corrected chi connectivity index (χ2v) is 5.69. The summed E-state index contributed by atoms with van der Waals surface area (Å²) in [7, 11) is 2.73. The van der Waals surface area contributed by atoms with E-state index in [0.717, 1.165) is 11.3 Å². The van der Waals surface area contributed by atoms with Crippen molar-refractivity contribution in [2.45, 2.75) is 20.3 Å². The van der Waals surface area contributed by atoms with Gasteiger partial charge in [0.05, 0.1) is 25.5 Å². The van der Waals surface area contributed by atoms with Gasteiger partial charge in [-0.25, -0.2) is 4.79 Å². The van der Waals surface area contributed by atoms with Gasteiger partial charge >= 0.3 is 5.97 Å². The van der Waals surface area contributed by atoms with Gasteiger partial charge in [0.25, 0.3) is 0 Å². The van der Waals surface area contributed by atoms with Crippen LogP contribution in [0.1, 0.15) is 41.2 Å². The Labute approximate surface area is 146 Å². The van der Waals surface area contributed by atoms with Crippen LogP contribution in [-0.2, 0) is 11.2 Å². The highest BCUT2D eigenvalue weighted by Crippen LogP contribution is 2.19. The minimum Gasteiger partial charge on any atom is -0.482 e. The van der Waals surface area contributed by atoms with Gasteiger partial charge in [0.1, 0.15) is 5.56 Å². The number of hydrogen-bond donors (Lipinski definition) is 2. The highest BCUT2D eigenvalue weighted by atomic mass is 16.5. The maximum Gasteiger partial charge on any atom is 0.344 e. The zero-order valence-corrected chi connectivity index (χ0v) is 14.8. The Kier molecular flexibility index (Phi) is 6.00. The lowest BCUT2D eigenvalue weighted by Crippen LogP contribution is -2.23. The molecule has 0 spiro atoms. The van der Waals surface area contributed by atoms with Crippen molar-refractivity contribution >= 4 is 18.1 Å². The second-order valence-electron chi connectivity index (χ2n) is 5.69. The smallest absolute Gasteiger partial charge is 0.344 e. The van der Waals surface area contributed by atoms with Gasteiger partial charge in [0.2, 0.25) is 5.43 Å². The SMILES string of the molecule is COC(=O)c1c(/C=C/c2ccc[nH]2)[nH]c(OC)c(CC=C(C)C)c1=O. The summed E-state index contributed by atoms with van der Waals surface area (Å²) >= 11 is 0. The summed E-state index contributed by atoms with van der Waals surface area (Å²) in [6.07, 6.45) is 7.46. The number of H-pyrrole nitrogens is 2. The summed E-state index contributed by atoms with van der Waals surface area (Å²) in [6, 6.07) is 3.72. The van der Waals surface area contributed by atoms with E-state index in [9.17, 15) is 9.59 Å². The standard InChI is InChI=1S/C19H22N2O4/c1-12(2)7-9-14-17(22)16(19(23)25-4)15(21-18(14)24-3)10-8-13-6-5-11-20-13/h5-8,10-11,20H,9H2,1-4H3,(H,21,22)/b10-8+. The number of aromatic nitrogens is 2. The lowest BCUT2D eigenvalue weighted by Gasteiger charge is -2.11. The zero-order valence-electron chi connectivity index (χ0n) is 14.8. The van der Waals surface area contributed by atoms with E-state index < -0.39 is 11.4 Å². The van der Waals surface area contributed by atoms with Gasteiger partial charge in [0, 0.05) is 11.9 Å². The summed E-state index contributed by atoms with van der Waals surface area (Å²) in [4.78, 5) is 31.1. The summed E-state index contributed by atoms with van der Waals surface area (Å²) in [6.45, 7) is 3.88. The number of carbonyl (C=O) groups is 1. The minimum atomic E-state index is -0.687. The molecule has 0 aliphatic rings. The molecule has 0 aliphatic heterocycles. The lowest BCUT2D eigenvalue weighted by atomic mass is 10.0. The zero-order chi connectivity index (χ0) is 18.4. The van der Waals surface area contributed by atoms with Crippen LogP contribution in [0.25, 0.3) is 12.2 Å². The predicted molar refractivity (Wildman–Crippen MR) is 97.8 cm³/mol. The predicted octanol–water partition coefficient (Wildman–Crippen LogP) is 3.18. The van der Waals surface area contributed by atoms with Crippen LogP contribution < -0.4 is 10.2 Å². The number of carbonyl (C=O) groups excluding carboxylic acids is 1. The number of allylic oxidation sites excluding steroid dienone is 2. The fourth-order valence-electron chi connectivity index (χ4n) is 2.35. The molecule has 2 aromatic rings. The molecular weight excluding hydrogens is 320 g/mol. The Morgan fingerprint density at radius 3 is 2.56 bits per heavy atom. The Hall–Kier alpha value is -3.02. The molecule has 2 aromatic heterocycles. The largest absolute Gasteiger partial charge is 0.482 e. The highest BCUT2D eigenvalue weighted by molar-refractivity contribution is 5.94. The van der Waals surface area contributed by atoms with Gasteiger partial charge in [-0.05, 0) is 44.6 Å². The van der Waals surface area contributed by atoms with Crippen LogP contribution in [0, 0.1) is 0 Å². The van der Waals surface area contributed by atoms with E-state index in [1.54, 1.807) is 18.3 Å². The average Bonchev–Trinajstić information content (AvgIpc) is 3.11. The number of pyridine rings is 1. The Morgan fingerprint density at radius 1 is 1.24 bits per heavy atom. The summed E-state index contributed by atoms with van der Waals surface area (Å²) < 4.78 is 10.1. The van der Waals surface area contributed by atoms with Gasteiger partial charge < -0.3 is 19.4 Å². The Morgan fingerprint density at radius 2 is 2.00 bits per heavy atom. The van der Waals surface area contributed by atoms with Crippen molar-refractivity contribution in [1.82, 2.24) is 9.97 Å². The van der Waals surface area contributed by atoms with Crippen LogP contribution in [0.3, 0.4) is 0 Å². The van der Waals surface area contributed by atoms with E-state index in [1.807, 2.05) is 32.1 Å². The van der Waals surface area contributed by atoms with Gasteiger partial charge in [-0.2, -0.15) is 0 Å². The average molecular weight is 342 g/mol. The summed E-state index contributed by atoms with van der Waals surface area (Å²) in [5.41, 5.74) is 2.20. The number of rotatable bonds is 6. The number of esters is 1. The van der Waals surface area contributed by atoms with Crippen molar-refractivity contribution in [2.75, 3.05) is 14.2 Å². The third-order valence-corrected chi connectivity index (χ3v) is 3.65. The molecule has 132 valence electrons. The first-order valence-corrected chi connectivity index (χ1v) is 7.84. The number of ether oxygens (including phenoxy) is 2. The van der Waals surface area contributed by atoms with Crippen molar-refractivity contribution < 1.29 is 14.3 Å². The number of aromatic amines is 2. The molecule has 0 saturated carbocycles. The van der Waals surface area contributed by atoms with E-state index in [4.69, 9.17) is 9.47 Å². The molecule has 0 aromatic carbocycles. The van der Waals surface area contributed by atoms with E-state index >= 15 is 0 Å². The van der Waals surface area contributed by atoms with E-state index in [0.29, 0.717) is 23.6 Å². The first-order valence-electron chi connectivity index (χ1n) is 7.84. The number of methoxy groups -OCH3 is 2. The Balaban J connectivity index is 2.62. The first kappa shape index (κ1) is 18.3. The first-order chi connectivity index (χ1) is 12.0. The molecule has 0 amide bonds. The third kappa shape index (κ3) is 4.29. The van der Waals surface area contributed by atoms with Crippen LogP contribution in [-0.4, -0.2) is 30.2 Å². The van der Waals surface area contributed by atoms with Crippen molar-refractivity contribution in [3.8, 4) is 5.88 Å². The van der Waals surface area contributed by atoms with E-state index in [-0.39, 0.29) is 5.56 Å². The van der Waals surface area contributed by atoms with Gasteiger partial charge in [0.15, 0.2) is 5.88 Å². The number of nitrogens with one attached hydrogen (secondary N) is 2. The molecule has 0 unspecified atom stereocenters. The molecule has 0 radical (unpaired) electrons. The van der Waals surface area contributed by atoms with Crippen LogP contribution in [0.2, 0.25) is 0 Å². The molecular formula is C19H22N2O4. The van der Waals surface area contributed by atoms with Crippen molar-refractivity contribution in [1.29, 1.82) is 0 Å². The fraction of sp³-hybridized carbons (Fsp3) is 0.263. The minimum absolute atomic E-state index is 0.0386. The van der Waals surface area contributed by atoms with Gasteiger partial charge in [-0.3, -0.25) is 4.79 Å². The normalized spacial score (nSPS) is 10.7. The van der Waals surface area contributed by atoms with Gasteiger partial charge in [-0.1, -0.05) is 11.6 Å². The van der Waals surface area contributed by atoms with Crippen molar-refractivity contribution in [2.24, 2.45) is 0 Å². The topological polar surface area (TPSA) is 84.2 Å². The molecule has 0 atom stereocenters. The summed E-state index contributed by atoms with van der Waals surface area (Å²) in [5.74, 6) is -0.352. The van der Waals surface area contributed by atoms with Crippen molar-refractivity contribution in [3.05, 3.63) is 62.7 Å². The molecule has 0 aliphatic carbocycles. The molecule has 0 saturated heterocycles. The molecule has 6 nitrogen and oxygen atoms in total. The maximum absolute atomic E-state index is 12.9. The summed E-state index contributed by atoms with van der Waals surface area (Å²) in [5, 5.41) is 0.